The molecule has 0 amide bonds. The van der Waals surface area contributed by atoms with E-state index in [1.165, 1.54) is 18.6 Å². The van der Waals surface area contributed by atoms with E-state index in [1.807, 2.05) is 18.7 Å². The van der Waals surface area contributed by atoms with Gasteiger partial charge in [0.2, 0.25) is 0 Å². The first-order valence-corrected chi connectivity index (χ1v) is 7.99. The summed E-state index contributed by atoms with van der Waals surface area (Å²) in [5.41, 5.74) is 1.39. The Bertz CT molecular complexity index is 569. The predicted octanol–water partition coefficient (Wildman–Crippen LogP) is 2.51. The lowest BCUT2D eigenvalue weighted by Gasteiger charge is -2.33. The summed E-state index contributed by atoms with van der Waals surface area (Å²) in [4.78, 5) is 15.3. The summed E-state index contributed by atoms with van der Waals surface area (Å²) in [6.45, 7) is 3.94. The fraction of sp³-hybridized carbons (Fsp3) is 0.615. The monoisotopic (exact) mass is 278 g/mol. The normalized spacial score (nSPS) is 20.1. The van der Waals surface area contributed by atoms with Crippen molar-refractivity contribution in [1.82, 2.24) is 15.0 Å². The van der Waals surface area contributed by atoms with Crippen LogP contribution in [0.4, 0.5) is 5.82 Å². The van der Waals surface area contributed by atoms with E-state index in [9.17, 15) is 0 Å². The second-order valence-corrected chi connectivity index (χ2v) is 5.90. The van der Waals surface area contributed by atoms with Crippen molar-refractivity contribution in [2.24, 2.45) is 5.92 Å². The van der Waals surface area contributed by atoms with E-state index in [2.05, 4.69) is 26.1 Å². The Labute approximate surface area is 116 Å². The number of hydrogen-bond donors (Lipinski definition) is 0. The van der Waals surface area contributed by atoms with Gasteiger partial charge >= 0.3 is 0 Å². The molecule has 3 heterocycles. The Hall–Kier alpha value is -1.30. The fourth-order valence-corrected chi connectivity index (χ4v) is 3.45. The number of aromatic nitrogens is 3. The molecule has 3 rings (SSSR count). The lowest BCUT2D eigenvalue weighted by atomic mass is 10.00. The minimum atomic E-state index is 0.592. The van der Waals surface area contributed by atoms with Gasteiger partial charge in [0.05, 0.1) is 0 Å². The smallest absolute Gasteiger partial charge is 0.252 e. The molecule has 0 spiro atoms. The van der Waals surface area contributed by atoms with Gasteiger partial charge in [-0.1, -0.05) is 0 Å². The number of aryl methyl sites for hydroxylation is 1. The maximum Gasteiger partial charge on any atom is 0.252 e. The molecule has 0 radical (unpaired) electrons. The Kier molecular flexibility index (Phi) is 3.59. The minimum absolute atomic E-state index is 0.592. The van der Waals surface area contributed by atoms with Gasteiger partial charge in [0.25, 0.3) is 5.71 Å². The third-order valence-electron chi connectivity index (χ3n) is 3.50. The van der Waals surface area contributed by atoms with Crippen LogP contribution in [0.2, 0.25) is 0 Å². The summed E-state index contributed by atoms with van der Waals surface area (Å²) in [6.07, 6.45) is 6.26. The van der Waals surface area contributed by atoms with Crippen molar-refractivity contribution in [3.8, 4) is 0 Å². The Morgan fingerprint density at radius 1 is 1.47 bits per heavy atom. The minimum Gasteiger partial charge on any atom is -0.422 e. The highest BCUT2D eigenvalue weighted by molar-refractivity contribution is 7.98. The molecule has 1 aliphatic rings. The lowest BCUT2D eigenvalue weighted by molar-refractivity contribution is 0.451. The lowest BCUT2D eigenvalue weighted by Crippen LogP contribution is -2.37. The quantitative estimate of drug-likeness (QED) is 0.860. The predicted molar refractivity (Wildman–Crippen MR) is 77.7 cm³/mol. The van der Waals surface area contributed by atoms with Crippen LogP contribution in [-0.2, 0) is 0 Å². The zero-order valence-electron chi connectivity index (χ0n) is 11.3. The highest BCUT2D eigenvalue weighted by atomic mass is 32.2. The molecule has 1 saturated heterocycles. The van der Waals surface area contributed by atoms with Gasteiger partial charge in [-0.15, -0.1) is 0 Å². The SMILES string of the molecule is CSC[C@@H]1CCCN(c2ncnc3oc(C)nc23)C1. The maximum atomic E-state index is 5.48. The van der Waals surface area contributed by atoms with Crippen molar-refractivity contribution < 1.29 is 4.42 Å². The standard InChI is InChI=1S/C13H18N4OS/c1-9-16-11-12(14-8-15-13(11)18-9)17-5-3-4-10(6-17)7-19-2/h8,10H,3-7H2,1-2H3/t10-/m1/s1. The van der Waals surface area contributed by atoms with Gasteiger partial charge in [0.15, 0.2) is 17.2 Å². The number of nitrogens with zero attached hydrogens (tertiary/aromatic N) is 4. The molecule has 1 atom stereocenters. The second kappa shape index (κ2) is 5.36. The van der Waals surface area contributed by atoms with E-state index in [0.717, 1.165) is 30.3 Å². The van der Waals surface area contributed by atoms with Crippen LogP contribution < -0.4 is 4.90 Å². The summed E-state index contributed by atoms with van der Waals surface area (Å²) >= 11 is 1.92. The second-order valence-electron chi connectivity index (χ2n) is 4.99. The van der Waals surface area contributed by atoms with Gasteiger partial charge in [-0.25, -0.2) is 9.97 Å². The highest BCUT2D eigenvalue weighted by Crippen LogP contribution is 2.28. The molecule has 1 aliphatic heterocycles. The number of rotatable bonds is 3. The third-order valence-corrected chi connectivity index (χ3v) is 4.31. The average molecular weight is 278 g/mol. The van der Waals surface area contributed by atoms with E-state index in [4.69, 9.17) is 4.42 Å². The summed E-state index contributed by atoms with van der Waals surface area (Å²) < 4.78 is 5.48. The first-order chi connectivity index (χ1) is 9.28. The number of anilines is 1. The van der Waals surface area contributed by atoms with Gasteiger partial charge < -0.3 is 9.32 Å². The number of thioether (sulfide) groups is 1. The summed E-state index contributed by atoms with van der Waals surface area (Å²) in [7, 11) is 0. The molecule has 0 saturated carbocycles. The van der Waals surface area contributed by atoms with Crippen molar-refractivity contribution >= 4 is 28.8 Å². The van der Waals surface area contributed by atoms with Crippen LogP contribution in [0.5, 0.6) is 0 Å². The molecular weight excluding hydrogens is 260 g/mol. The Balaban J connectivity index is 1.90. The Morgan fingerprint density at radius 3 is 3.21 bits per heavy atom. The van der Waals surface area contributed by atoms with E-state index < -0.39 is 0 Å². The number of oxazole rings is 1. The van der Waals surface area contributed by atoms with E-state index in [1.54, 1.807) is 6.33 Å². The van der Waals surface area contributed by atoms with E-state index in [0.29, 0.717) is 11.6 Å². The van der Waals surface area contributed by atoms with Crippen LogP contribution >= 0.6 is 11.8 Å². The van der Waals surface area contributed by atoms with Gasteiger partial charge in [0, 0.05) is 20.0 Å². The molecule has 2 aromatic heterocycles. The third kappa shape index (κ3) is 2.54. The molecular formula is C13H18N4OS. The summed E-state index contributed by atoms with van der Waals surface area (Å²) in [5, 5.41) is 0. The van der Waals surface area contributed by atoms with Gasteiger partial charge in [-0.3, -0.25) is 0 Å². The van der Waals surface area contributed by atoms with Gasteiger partial charge in [-0.2, -0.15) is 16.7 Å². The molecule has 0 aromatic carbocycles. The maximum absolute atomic E-state index is 5.48. The van der Waals surface area contributed by atoms with Crippen molar-refractivity contribution in [2.75, 3.05) is 30.0 Å². The molecule has 0 unspecified atom stereocenters. The first kappa shape index (κ1) is 12.7. The van der Waals surface area contributed by atoms with Crippen molar-refractivity contribution in [3.63, 3.8) is 0 Å². The van der Waals surface area contributed by atoms with E-state index in [-0.39, 0.29) is 0 Å². The van der Waals surface area contributed by atoms with Crippen LogP contribution in [0.15, 0.2) is 10.7 Å². The molecule has 6 heteroatoms. The Morgan fingerprint density at radius 2 is 2.37 bits per heavy atom. The fourth-order valence-electron chi connectivity index (χ4n) is 2.71. The van der Waals surface area contributed by atoms with Crippen molar-refractivity contribution in [1.29, 1.82) is 0 Å². The topological polar surface area (TPSA) is 55.1 Å². The number of hydrogen-bond acceptors (Lipinski definition) is 6. The molecule has 0 bridgehead atoms. The van der Waals surface area contributed by atoms with Crippen LogP contribution in [0, 0.1) is 12.8 Å². The van der Waals surface area contributed by atoms with Gasteiger partial charge in [0.1, 0.15) is 6.33 Å². The molecule has 19 heavy (non-hydrogen) atoms. The summed E-state index contributed by atoms with van der Waals surface area (Å²) in [5.74, 6) is 3.52. The largest absolute Gasteiger partial charge is 0.422 e. The highest BCUT2D eigenvalue weighted by Gasteiger charge is 2.23. The first-order valence-electron chi connectivity index (χ1n) is 6.60. The molecule has 5 nitrogen and oxygen atoms in total. The van der Waals surface area contributed by atoms with Crippen LogP contribution in [-0.4, -0.2) is 40.1 Å². The van der Waals surface area contributed by atoms with Crippen LogP contribution in [0.3, 0.4) is 0 Å². The van der Waals surface area contributed by atoms with Crippen molar-refractivity contribution in [3.05, 3.63) is 12.2 Å². The number of piperidine rings is 1. The average Bonchev–Trinajstić information content (AvgIpc) is 2.79. The van der Waals surface area contributed by atoms with Crippen LogP contribution in [0.25, 0.3) is 11.2 Å². The number of fused-ring (bicyclic) bond motifs is 1. The van der Waals surface area contributed by atoms with E-state index >= 15 is 0 Å². The van der Waals surface area contributed by atoms with Gasteiger partial charge in [-0.05, 0) is 30.8 Å². The molecule has 102 valence electrons. The van der Waals surface area contributed by atoms with Crippen LogP contribution in [0.1, 0.15) is 18.7 Å². The summed E-state index contributed by atoms with van der Waals surface area (Å²) in [6, 6.07) is 0. The van der Waals surface area contributed by atoms with Crippen molar-refractivity contribution in [2.45, 2.75) is 19.8 Å². The molecule has 0 N–H and O–H groups in total. The zero-order chi connectivity index (χ0) is 13.2. The molecule has 2 aromatic rings. The molecule has 0 aliphatic carbocycles. The molecule has 1 fully saturated rings. The zero-order valence-corrected chi connectivity index (χ0v) is 12.1.